The van der Waals surface area contributed by atoms with E-state index < -0.39 is 5.97 Å². The molecule has 0 bridgehead atoms. The molecule has 0 spiro atoms. The second-order valence-corrected chi connectivity index (χ2v) is 11.8. The summed E-state index contributed by atoms with van der Waals surface area (Å²) in [5.74, 6) is 2.75. The van der Waals surface area contributed by atoms with E-state index in [-0.39, 0.29) is 0 Å². The minimum absolute atomic E-state index is 0.313. The van der Waals surface area contributed by atoms with Crippen molar-refractivity contribution in [1.29, 1.82) is 0 Å². The molecule has 0 heterocycles. The largest absolute Gasteiger partial charge is 0.481 e. The number of nitrogens with two attached hydrogens (primary N) is 1. The molecule has 0 aromatic carbocycles. The van der Waals surface area contributed by atoms with Gasteiger partial charge < -0.3 is 15.7 Å². The molecule has 3 N–H and O–H groups in total. The first-order valence-electron chi connectivity index (χ1n) is 14.9. The quantitative estimate of drug-likeness (QED) is 0.129. The average Bonchev–Trinajstić information content (AvgIpc) is 2.76. The third-order valence-electron chi connectivity index (χ3n) is 7.51. The zero-order valence-corrected chi connectivity index (χ0v) is 23.8. The summed E-state index contributed by atoms with van der Waals surface area (Å²) in [5.41, 5.74) is 5.84. The van der Waals surface area contributed by atoms with Gasteiger partial charge in [-0.1, -0.05) is 112 Å². The Morgan fingerprint density at radius 2 is 1.09 bits per heavy atom. The molecule has 0 saturated carbocycles. The summed E-state index contributed by atoms with van der Waals surface area (Å²) >= 11 is 0. The van der Waals surface area contributed by atoms with Gasteiger partial charge in [-0.15, -0.1) is 0 Å². The first kappa shape index (κ1) is 33.4. The van der Waals surface area contributed by atoms with E-state index >= 15 is 0 Å². The first-order chi connectivity index (χ1) is 16.2. The second-order valence-electron chi connectivity index (χ2n) is 11.8. The number of hydrogen-bond donors (Lipinski definition) is 2. The van der Waals surface area contributed by atoms with Crippen molar-refractivity contribution in [2.24, 2.45) is 29.4 Å². The molecule has 3 atom stereocenters. The van der Waals surface area contributed by atoms with E-state index in [9.17, 15) is 4.79 Å². The third kappa shape index (κ3) is 23.1. The van der Waals surface area contributed by atoms with Gasteiger partial charge in [-0.05, 0) is 56.0 Å². The van der Waals surface area contributed by atoms with Gasteiger partial charge in [0, 0.05) is 19.5 Å². The lowest BCUT2D eigenvalue weighted by atomic mass is 9.90. The molecular formula is C30H62N2O2. The van der Waals surface area contributed by atoms with E-state index in [4.69, 9.17) is 10.8 Å². The Morgan fingerprint density at radius 1 is 0.618 bits per heavy atom. The molecule has 0 aliphatic rings. The number of carboxylic acids is 1. The van der Waals surface area contributed by atoms with Gasteiger partial charge in [0.25, 0.3) is 0 Å². The monoisotopic (exact) mass is 482 g/mol. The van der Waals surface area contributed by atoms with Crippen molar-refractivity contribution in [3.8, 4) is 0 Å². The molecule has 0 aliphatic heterocycles. The minimum Gasteiger partial charge on any atom is -0.481 e. The Labute approximate surface area is 213 Å². The van der Waals surface area contributed by atoms with E-state index in [0.717, 1.165) is 62.6 Å². The summed E-state index contributed by atoms with van der Waals surface area (Å²) in [5, 5.41) is 8.70. The van der Waals surface area contributed by atoms with Crippen LogP contribution in [0.2, 0.25) is 0 Å². The molecule has 0 aromatic rings. The van der Waals surface area contributed by atoms with Crippen LogP contribution in [-0.4, -0.2) is 42.2 Å². The molecule has 4 nitrogen and oxygen atoms in total. The highest BCUT2D eigenvalue weighted by molar-refractivity contribution is 5.66. The van der Waals surface area contributed by atoms with E-state index in [2.05, 4.69) is 39.5 Å². The molecule has 0 saturated heterocycles. The standard InChI is InChI=1S/C30H62N2O2/c1-26(2)14-11-15-27(3)16-12-17-28(4)18-13-19-29(5)21-24-32(25-22-31)23-10-8-6-7-9-20-30(33)34/h26-29H,6-25,31H2,1-5H3,(H,33,34)/t27-,28-,29?/m1/s1. The smallest absolute Gasteiger partial charge is 0.303 e. The summed E-state index contributed by atoms with van der Waals surface area (Å²) < 4.78 is 0. The Hall–Kier alpha value is -0.610. The molecular weight excluding hydrogens is 420 g/mol. The van der Waals surface area contributed by atoms with Crippen LogP contribution in [0.25, 0.3) is 0 Å². The second kappa shape index (κ2) is 22.8. The Kier molecular flexibility index (Phi) is 22.4. The molecule has 34 heavy (non-hydrogen) atoms. The van der Waals surface area contributed by atoms with Crippen LogP contribution in [0.15, 0.2) is 0 Å². The molecule has 0 fully saturated rings. The molecule has 0 radical (unpaired) electrons. The van der Waals surface area contributed by atoms with Crippen molar-refractivity contribution in [2.75, 3.05) is 26.2 Å². The van der Waals surface area contributed by atoms with E-state index in [0.29, 0.717) is 6.42 Å². The van der Waals surface area contributed by atoms with Gasteiger partial charge in [-0.25, -0.2) is 0 Å². The van der Waals surface area contributed by atoms with E-state index in [1.165, 1.54) is 83.6 Å². The zero-order valence-electron chi connectivity index (χ0n) is 23.8. The topological polar surface area (TPSA) is 66.6 Å². The van der Waals surface area contributed by atoms with Gasteiger partial charge in [0.15, 0.2) is 0 Å². The number of aliphatic carboxylic acids is 1. The minimum atomic E-state index is -0.671. The van der Waals surface area contributed by atoms with Crippen LogP contribution >= 0.6 is 0 Å². The van der Waals surface area contributed by atoms with Crippen LogP contribution in [0.1, 0.15) is 137 Å². The van der Waals surface area contributed by atoms with E-state index in [1.807, 2.05) is 0 Å². The fourth-order valence-electron chi connectivity index (χ4n) is 5.00. The number of unbranched alkanes of at least 4 members (excludes halogenated alkanes) is 4. The van der Waals surface area contributed by atoms with Crippen LogP contribution in [-0.2, 0) is 4.79 Å². The number of nitrogens with zero attached hydrogens (tertiary/aromatic N) is 1. The highest BCUT2D eigenvalue weighted by Crippen LogP contribution is 2.22. The first-order valence-corrected chi connectivity index (χ1v) is 14.9. The highest BCUT2D eigenvalue weighted by Gasteiger charge is 2.10. The van der Waals surface area contributed by atoms with Crippen molar-refractivity contribution in [3.63, 3.8) is 0 Å². The zero-order chi connectivity index (χ0) is 25.6. The molecule has 204 valence electrons. The fraction of sp³-hybridized carbons (Fsp3) is 0.967. The van der Waals surface area contributed by atoms with Crippen LogP contribution in [0.4, 0.5) is 0 Å². The highest BCUT2D eigenvalue weighted by atomic mass is 16.4. The molecule has 4 heteroatoms. The maximum absolute atomic E-state index is 10.6. The maximum atomic E-state index is 10.6. The lowest BCUT2D eigenvalue weighted by Gasteiger charge is -2.23. The van der Waals surface area contributed by atoms with Crippen LogP contribution in [0.3, 0.4) is 0 Å². The SMILES string of the molecule is CC(C)CCC[C@@H](C)CCC[C@@H](C)CCCC(C)CCN(CCN)CCCCCCCC(=O)O. The fourth-order valence-corrected chi connectivity index (χ4v) is 5.00. The van der Waals surface area contributed by atoms with Gasteiger partial charge in [-0.3, -0.25) is 4.79 Å². The van der Waals surface area contributed by atoms with Gasteiger partial charge >= 0.3 is 5.97 Å². The lowest BCUT2D eigenvalue weighted by Crippen LogP contribution is -2.32. The Balaban J connectivity index is 3.79. The number of carbonyl (C=O) groups is 1. The van der Waals surface area contributed by atoms with Crippen molar-refractivity contribution in [3.05, 3.63) is 0 Å². The number of rotatable bonds is 25. The predicted octanol–water partition coefficient (Wildman–Crippen LogP) is 8.14. The molecule has 0 amide bonds. The summed E-state index contributed by atoms with van der Waals surface area (Å²) in [7, 11) is 0. The summed E-state index contributed by atoms with van der Waals surface area (Å²) in [6.07, 6.45) is 19.6. The van der Waals surface area contributed by atoms with Gasteiger partial charge in [-0.2, -0.15) is 0 Å². The van der Waals surface area contributed by atoms with E-state index in [1.54, 1.807) is 0 Å². The molecule has 1 unspecified atom stereocenters. The van der Waals surface area contributed by atoms with Crippen molar-refractivity contribution < 1.29 is 9.90 Å². The maximum Gasteiger partial charge on any atom is 0.303 e. The van der Waals surface area contributed by atoms with Crippen LogP contribution < -0.4 is 5.73 Å². The molecule has 0 aromatic heterocycles. The lowest BCUT2D eigenvalue weighted by molar-refractivity contribution is -0.137. The Bertz CT molecular complexity index is 455. The van der Waals surface area contributed by atoms with Crippen LogP contribution in [0, 0.1) is 23.7 Å². The van der Waals surface area contributed by atoms with Gasteiger partial charge in [0.2, 0.25) is 0 Å². The summed E-state index contributed by atoms with van der Waals surface area (Å²) in [6.45, 7) is 16.0. The van der Waals surface area contributed by atoms with Gasteiger partial charge in [0.05, 0.1) is 0 Å². The molecule has 0 aliphatic carbocycles. The van der Waals surface area contributed by atoms with Gasteiger partial charge in [0.1, 0.15) is 0 Å². The number of carboxylic acid groups (broad SMARTS) is 1. The third-order valence-corrected chi connectivity index (χ3v) is 7.51. The van der Waals surface area contributed by atoms with Crippen molar-refractivity contribution in [2.45, 2.75) is 137 Å². The molecule has 0 rings (SSSR count). The van der Waals surface area contributed by atoms with Crippen molar-refractivity contribution in [1.82, 2.24) is 4.90 Å². The number of hydrogen-bond acceptors (Lipinski definition) is 3. The summed E-state index contributed by atoms with van der Waals surface area (Å²) in [6, 6.07) is 0. The average molecular weight is 483 g/mol. The Morgan fingerprint density at radius 3 is 1.59 bits per heavy atom. The summed E-state index contributed by atoms with van der Waals surface area (Å²) in [4.78, 5) is 13.1. The predicted molar refractivity (Wildman–Crippen MR) is 149 cm³/mol. The van der Waals surface area contributed by atoms with Crippen LogP contribution in [0.5, 0.6) is 0 Å². The van der Waals surface area contributed by atoms with Crippen molar-refractivity contribution >= 4 is 5.97 Å². The normalized spacial score (nSPS) is 14.6.